The van der Waals surface area contributed by atoms with Gasteiger partial charge in [-0.05, 0) is 46.9 Å². The number of aromatic nitrogens is 2. The summed E-state index contributed by atoms with van der Waals surface area (Å²) < 4.78 is 0.930. The monoisotopic (exact) mass is 369 g/mol. The number of carboxylic acids is 1. The first-order valence-electron chi connectivity index (χ1n) is 5.19. The van der Waals surface area contributed by atoms with E-state index in [0.29, 0.717) is 5.82 Å². The summed E-state index contributed by atoms with van der Waals surface area (Å²) in [6, 6.07) is 6.19. The van der Waals surface area contributed by atoms with E-state index in [9.17, 15) is 9.59 Å². The van der Waals surface area contributed by atoms with Crippen LogP contribution in [0.25, 0.3) is 0 Å². The quantitative estimate of drug-likeness (QED) is 0.808. The van der Waals surface area contributed by atoms with Crippen molar-refractivity contribution >= 4 is 40.3 Å². The molecule has 7 heteroatoms. The van der Waals surface area contributed by atoms with Crippen LogP contribution in [0.5, 0.6) is 0 Å². The van der Waals surface area contributed by atoms with Gasteiger partial charge in [0.25, 0.3) is 5.91 Å². The van der Waals surface area contributed by atoms with E-state index in [0.717, 1.165) is 3.57 Å². The van der Waals surface area contributed by atoms with Crippen molar-refractivity contribution in [2.75, 3.05) is 5.32 Å². The van der Waals surface area contributed by atoms with Crippen molar-refractivity contribution in [1.29, 1.82) is 0 Å². The minimum atomic E-state index is -1.20. The zero-order valence-electron chi connectivity index (χ0n) is 9.50. The molecular weight excluding hydrogens is 361 g/mol. The Morgan fingerprint density at radius 1 is 1.21 bits per heavy atom. The number of hydrogen-bond donors (Lipinski definition) is 2. The Hall–Kier alpha value is -2.03. The Balaban J connectivity index is 2.25. The van der Waals surface area contributed by atoms with Crippen LogP contribution in [-0.4, -0.2) is 27.0 Å². The summed E-state index contributed by atoms with van der Waals surface area (Å²) in [5.74, 6) is -1.46. The molecule has 0 aliphatic heterocycles. The molecule has 0 spiro atoms. The van der Waals surface area contributed by atoms with Crippen LogP contribution in [0.2, 0.25) is 0 Å². The van der Waals surface area contributed by atoms with E-state index in [4.69, 9.17) is 5.11 Å². The third-order valence-electron chi connectivity index (χ3n) is 2.22. The third kappa shape index (κ3) is 3.25. The van der Waals surface area contributed by atoms with Crippen LogP contribution in [-0.2, 0) is 0 Å². The number of rotatable bonds is 3. The maximum Gasteiger partial charge on any atom is 0.338 e. The fourth-order valence-electron chi connectivity index (χ4n) is 1.38. The number of carbonyl (C=O) groups excluding carboxylic acids is 1. The third-order valence-corrected chi connectivity index (χ3v) is 2.86. The molecule has 2 N–H and O–H groups in total. The zero-order valence-corrected chi connectivity index (χ0v) is 11.7. The summed E-state index contributed by atoms with van der Waals surface area (Å²) in [4.78, 5) is 30.7. The summed E-state index contributed by atoms with van der Waals surface area (Å²) in [5, 5.41) is 11.5. The lowest BCUT2D eigenvalue weighted by molar-refractivity contribution is 0.0691. The number of nitrogens with zero attached hydrogens (tertiary/aromatic N) is 2. The summed E-state index contributed by atoms with van der Waals surface area (Å²) in [5.41, 5.74) is -0.291. The standard InChI is InChI=1S/C12H8IN3O3/c13-7-3-4-9(15-6-7)16-11(17)10-8(12(18)19)2-1-5-14-10/h1-6H,(H,18,19)(H,15,16,17). The second-order valence-corrected chi connectivity index (χ2v) is 4.77. The first-order chi connectivity index (χ1) is 9.08. The van der Waals surface area contributed by atoms with E-state index in [1.807, 2.05) is 0 Å². The van der Waals surface area contributed by atoms with Crippen LogP contribution in [0.4, 0.5) is 5.82 Å². The van der Waals surface area contributed by atoms with Gasteiger partial charge in [0.15, 0.2) is 0 Å². The molecule has 2 heterocycles. The maximum absolute atomic E-state index is 11.9. The molecule has 0 unspecified atom stereocenters. The summed E-state index contributed by atoms with van der Waals surface area (Å²) >= 11 is 2.09. The molecule has 0 aromatic carbocycles. The summed E-state index contributed by atoms with van der Waals surface area (Å²) in [6.07, 6.45) is 2.95. The average Bonchev–Trinajstić information content (AvgIpc) is 2.41. The van der Waals surface area contributed by atoms with Crippen molar-refractivity contribution in [1.82, 2.24) is 9.97 Å². The van der Waals surface area contributed by atoms with Gasteiger partial charge in [-0.3, -0.25) is 9.78 Å². The fraction of sp³-hybridized carbons (Fsp3) is 0. The minimum Gasteiger partial charge on any atom is -0.478 e. The molecule has 1 amide bonds. The van der Waals surface area contributed by atoms with Crippen molar-refractivity contribution in [3.05, 3.63) is 51.5 Å². The number of pyridine rings is 2. The number of carbonyl (C=O) groups is 2. The van der Waals surface area contributed by atoms with E-state index in [1.165, 1.54) is 18.3 Å². The Labute approximate surface area is 122 Å². The summed E-state index contributed by atoms with van der Waals surface area (Å²) in [6.45, 7) is 0. The first-order valence-corrected chi connectivity index (χ1v) is 6.27. The van der Waals surface area contributed by atoms with Gasteiger partial charge >= 0.3 is 5.97 Å². The van der Waals surface area contributed by atoms with Crippen LogP contribution in [0.3, 0.4) is 0 Å². The highest BCUT2D eigenvalue weighted by Gasteiger charge is 2.17. The molecule has 0 bridgehead atoms. The molecule has 96 valence electrons. The van der Waals surface area contributed by atoms with Crippen molar-refractivity contribution in [3.8, 4) is 0 Å². The Kier molecular flexibility index (Phi) is 4.05. The Morgan fingerprint density at radius 2 is 2.00 bits per heavy atom. The van der Waals surface area contributed by atoms with Crippen LogP contribution in [0.15, 0.2) is 36.7 Å². The van der Waals surface area contributed by atoms with E-state index in [2.05, 4.69) is 37.9 Å². The molecule has 0 atom stereocenters. The second-order valence-electron chi connectivity index (χ2n) is 3.52. The predicted octanol–water partition coefficient (Wildman–Crippen LogP) is 2.03. The van der Waals surface area contributed by atoms with Crippen LogP contribution >= 0.6 is 22.6 Å². The van der Waals surface area contributed by atoms with Crippen molar-refractivity contribution in [2.45, 2.75) is 0 Å². The van der Waals surface area contributed by atoms with Crippen LogP contribution in [0.1, 0.15) is 20.8 Å². The van der Waals surface area contributed by atoms with Gasteiger partial charge in [0, 0.05) is 16.0 Å². The van der Waals surface area contributed by atoms with Gasteiger partial charge in [-0.2, -0.15) is 0 Å². The number of aromatic carboxylic acids is 1. The molecule has 2 rings (SSSR count). The van der Waals surface area contributed by atoms with Gasteiger partial charge < -0.3 is 10.4 Å². The van der Waals surface area contributed by atoms with E-state index in [-0.39, 0.29) is 11.3 Å². The Morgan fingerprint density at radius 3 is 2.63 bits per heavy atom. The molecule has 0 saturated heterocycles. The van der Waals surface area contributed by atoms with Crippen molar-refractivity contribution < 1.29 is 14.7 Å². The Bertz CT molecular complexity index is 628. The number of anilines is 1. The molecule has 2 aromatic heterocycles. The molecule has 0 fully saturated rings. The molecular formula is C12H8IN3O3. The van der Waals surface area contributed by atoms with Gasteiger partial charge in [0.05, 0.1) is 5.56 Å². The molecule has 6 nitrogen and oxygen atoms in total. The van der Waals surface area contributed by atoms with Crippen molar-refractivity contribution in [3.63, 3.8) is 0 Å². The van der Waals surface area contributed by atoms with Gasteiger partial charge in [-0.25, -0.2) is 9.78 Å². The number of halogens is 1. The lowest BCUT2D eigenvalue weighted by Crippen LogP contribution is -2.18. The van der Waals surface area contributed by atoms with Gasteiger partial charge in [0.2, 0.25) is 0 Å². The van der Waals surface area contributed by atoms with E-state index >= 15 is 0 Å². The summed E-state index contributed by atoms with van der Waals surface area (Å²) in [7, 11) is 0. The molecule has 19 heavy (non-hydrogen) atoms. The van der Waals surface area contributed by atoms with Gasteiger partial charge in [-0.15, -0.1) is 0 Å². The molecule has 0 saturated carbocycles. The minimum absolute atomic E-state index is 0.143. The molecule has 0 aliphatic rings. The van der Waals surface area contributed by atoms with E-state index < -0.39 is 11.9 Å². The number of nitrogens with one attached hydrogen (secondary N) is 1. The fourth-order valence-corrected chi connectivity index (χ4v) is 1.70. The normalized spacial score (nSPS) is 9.95. The number of hydrogen-bond acceptors (Lipinski definition) is 4. The molecule has 2 aromatic rings. The topological polar surface area (TPSA) is 92.2 Å². The maximum atomic E-state index is 11.9. The highest BCUT2D eigenvalue weighted by atomic mass is 127. The number of carboxylic acid groups (broad SMARTS) is 1. The van der Waals surface area contributed by atoms with Crippen LogP contribution in [0, 0.1) is 3.57 Å². The largest absolute Gasteiger partial charge is 0.478 e. The average molecular weight is 369 g/mol. The van der Waals surface area contributed by atoms with E-state index in [1.54, 1.807) is 18.3 Å². The van der Waals surface area contributed by atoms with Crippen molar-refractivity contribution in [2.24, 2.45) is 0 Å². The first kappa shape index (κ1) is 13.4. The second kappa shape index (κ2) is 5.74. The molecule has 0 aliphatic carbocycles. The van der Waals surface area contributed by atoms with Crippen LogP contribution < -0.4 is 5.32 Å². The SMILES string of the molecule is O=C(O)c1cccnc1C(=O)Nc1ccc(I)cn1. The lowest BCUT2D eigenvalue weighted by atomic mass is 10.2. The smallest absolute Gasteiger partial charge is 0.338 e. The zero-order chi connectivity index (χ0) is 13.8. The predicted molar refractivity (Wildman–Crippen MR) is 76.1 cm³/mol. The molecule has 0 radical (unpaired) electrons. The van der Waals surface area contributed by atoms with Gasteiger partial charge in [-0.1, -0.05) is 0 Å². The lowest BCUT2D eigenvalue weighted by Gasteiger charge is -2.05. The highest BCUT2D eigenvalue weighted by molar-refractivity contribution is 14.1. The van der Waals surface area contributed by atoms with Gasteiger partial charge in [0.1, 0.15) is 11.5 Å². The number of amides is 1. The highest BCUT2D eigenvalue weighted by Crippen LogP contribution is 2.10.